The molecule has 24 heavy (non-hydrogen) atoms. The largest absolute Gasteiger partial charge is 0.493 e. The fraction of sp³-hybridized carbons (Fsp3) is 0.611. The maximum atomic E-state index is 14.0. The molecule has 1 heterocycles. The predicted molar refractivity (Wildman–Crippen MR) is 88.4 cm³/mol. The number of rotatable bonds is 5. The molecule has 0 unspecified atom stereocenters. The van der Waals surface area contributed by atoms with Crippen LogP contribution in [0.3, 0.4) is 0 Å². The maximum Gasteiger partial charge on any atom is 0.410 e. The first-order valence-electron chi connectivity index (χ1n) is 8.61. The molecule has 2 atom stereocenters. The van der Waals surface area contributed by atoms with Gasteiger partial charge in [0.1, 0.15) is 18.2 Å². The van der Waals surface area contributed by atoms with Crippen molar-refractivity contribution in [2.24, 2.45) is 5.92 Å². The quantitative estimate of drug-likeness (QED) is 0.898. The molecule has 1 aromatic carbocycles. The molecular formula is C18H25FN2O3. The van der Waals surface area contributed by atoms with E-state index < -0.39 is 6.09 Å². The highest BCUT2D eigenvalue weighted by atomic mass is 19.1. The maximum absolute atomic E-state index is 14.0. The Hall–Kier alpha value is -1.82. The molecule has 0 bridgehead atoms. The zero-order valence-electron chi connectivity index (χ0n) is 14.3. The van der Waals surface area contributed by atoms with Gasteiger partial charge in [-0.25, -0.2) is 9.18 Å². The lowest BCUT2D eigenvalue weighted by Gasteiger charge is -2.38. The molecule has 0 aromatic heterocycles. The Bertz CT molecular complexity index is 582. The fourth-order valence-corrected chi connectivity index (χ4v) is 2.96. The zero-order chi connectivity index (χ0) is 17.1. The number of ether oxygens (including phenoxy) is 2. The van der Waals surface area contributed by atoms with Gasteiger partial charge >= 0.3 is 6.09 Å². The first-order chi connectivity index (χ1) is 11.5. The van der Waals surface area contributed by atoms with Gasteiger partial charge in [0.2, 0.25) is 0 Å². The Morgan fingerprint density at radius 3 is 2.67 bits per heavy atom. The van der Waals surface area contributed by atoms with Gasteiger partial charge in [-0.3, -0.25) is 0 Å². The lowest BCUT2D eigenvalue weighted by molar-refractivity contribution is 0.0557. The number of hydrogen-bond donors (Lipinski definition) is 1. The molecule has 132 valence electrons. The van der Waals surface area contributed by atoms with Crippen LogP contribution in [0.4, 0.5) is 9.18 Å². The van der Waals surface area contributed by atoms with E-state index in [0.29, 0.717) is 23.8 Å². The lowest BCUT2D eigenvalue weighted by Crippen LogP contribution is -2.57. The van der Waals surface area contributed by atoms with Crippen LogP contribution in [0.5, 0.6) is 5.75 Å². The Labute approximate surface area is 142 Å². The van der Waals surface area contributed by atoms with Gasteiger partial charge in [0, 0.05) is 30.7 Å². The SMILES string of the molecule is C[C@@H]1CNC[C@H](C)N1C(=O)OCc1cc(OCC2CC2)ccc1F. The Balaban J connectivity index is 1.58. The molecule has 0 radical (unpaired) electrons. The molecule has 5 nitrogen and oxygen atoms in total. The minimum atomic E-state index is -0.403. The zero-order valence-corrected chi connectivity index (χ0v) is 14.3. The third kappa shape index (κ3) is 4.17. The van der Waals surface area contributed by atoms with Gasteiger partial charge in [-0.1, -0.05) is 0 Å². The van der Waals surface area contributed by atoms with E-state index in [1.54, 1.807) is 17.0 Å². The van der Waals surface area contributed by atoms with E-state index in [1.165, 1.54) is 18.9 Å². The summed E-state index contributed by atoms with van der Waals surface area (Å²) in [5.74, 6) is 0.869. The van der Waals surface area contributed by atoms with Crippen molar-refractivity contribution in [3.8, 4) is 5.75 Å². The highest BCUT2D eigenvalue weighted by Gasteiger charge is 2.30. The normalized spacial score (nSPS) is 23.9. The smallest absolute Gasteiger partial charge is 0.410 e. The van der Waals surface area contributed by atoms with Gasteiger partial charge in [-0.05, 0) is 50.8 Å². The van der Waals surface area contributed by atoms with Gasteiger partial charge in [0.25, 0.3) is 0 Å². The Morgan fingerprint density at radius 1 is 1.29 bits per heavy atom. The average molecular weight is 336 g/mol. The predicted octanol–water partition coefficient (Wildman–Crippen LogP) is 2.93. The van der Waals surface area contributed by atoms with Crippen LogP contribution in [0.2, 0.25) is 0 Å². The van der Waals surface area contributed by atoms with E-state index in [2.05, 4.69) is 5.32 Å². The van der Waals surface area contributed by atoms with Gasteiger partial charge in [-0.15, -0.1) is 0 Å². The molecule has 1 N–H and O–H groups in total. The van der Waals surface area contributed by atoms with Crippen molar-refractivity contribution >= 4 is 6.09 Å². The van der Waals surface area contributed by atoms with Crippen LogP contribution in [-0.2, 0) is 11.3 Å². The van der Waals surface area contributed by atoms with Crippen molar-refractivity contribution in [2.75, 3.05) is 19.7 Å². The second-order valence-corrected chi connectivity index (χ2v) is 6.83. The first-order valence-corrected chi connectivity index (χ1v) is 8.61. The summed E-state index contributed by atoms with van der Waals surface area (Å²) in [5, 5.41) is 3.26. The third-order valence-electron chi connectivity index (χ3n) is 4.59. The summed E-state index contributed by atoms with van der Waals surface area (Å²) in [6.45, 7) is 5.99. The summed E-state index contributed by atoms with van der Waals surface area (Å²) in [6.07, 6.45) is 2.00. The molecule has 2 fully saturated rings. The molecule has 3 rings (SSSR count). The number of amides is 1. The first kappa shape index (κ1) is 17.0. The number of halogens is 1. The number of piperazine rings is 1. The van der Waals surface area contributed by atoms with Gasteiger partial charge in [0.15, 0.2) is 0 Å². The summed E-state index contributed by atoms with van der Waals surface area (Å²) < 4.78 is 25.0. The van der Waals surface area contributed by atoms with Crippen molar-refractivity contribution in [2.45, 2.75) is 45.4 Å². The molecule has 1 aliphatic carbocycles. The number of benzene rings is 1. The van der Waals surface area contributed by atoms with Crippen LogP contribution in [0.25, 0.3) is 0 Å². The van der Waals surface area contributed by atoms with E-state index >= 15 is 0 Å². The number of carbonyl (C=O) groups excluding carboxylic acids is 1. The van der Waals surface area contributed by atoms with Crippen LogP contribution in [-0.4, -0.2) is 42.8 Å². The van der Waals surface area contributed by atoms with E-state index in [-0.39, 0.29) is 24.5 Å². The van der Waals surface area contributed by atoms with E-state index in [0.717, 1.165) is 13.1 Å². The third-order valence-corrected chi connectivity index (χ3v) is 4.59. The summed E-state index contributed by atoms with van der Waals surface area (Å²) in [5.41, 5.74) is 0.340. The minimum absolute atomic E-state index is 0.0549. The number of nitrogens with one attached hydrogen (secondary N) is 1. The second-order valence-electron chi connectivity index (χ2n) is 6.83. The van der Waals surface area contributed by atoms with Crippen molar-refractivity contribution in [3.05, 3.63) is 29.6 Å². The molecule has 1 amide bonds. The van der Waals surface area contributed by atoms with Crippen LogP contribution in [0, 0.1) is 11.7 Å². The summed E-state index contributed by atoms with van der Waals surface area (Å²) in [4.78, 5) is 14.0. The van der Waals surface area contributed by atoms with E-state index in [9.17, 15) is 9.18 Å². The van der Waals surface area contributed by atoms with Crippen LogP contribution in [0.15, 0.2) is 18.2 Å². The fourth-order valence-electron chi connectivity index (χ4n) is 2.96. The van der Waals surface area contributed by atoms with Crippen LogP contribution < -0.4 is 10.1 Å². The highest BCUT2D eigenvalue weighted by Crippen LogP contribution is 2.30. The molecule has 0 spiro atoms. The number of hydrogen-bond acceptors (Lipinski definition) is 4. The second kappa shape index (κ2) is 7.38. The molecule has 1 aliphatic heterocycles. The van der Waals surface area contributed by atoms with Crippen molar-refractivity contribution in [1.82, 2.24) is 10.2 Å². The van der Waals surface area contributed by atoms with Gasteiger partial charge in [-0.2, -0.15) is 0 Å². The van der Waals surface area contributed by atoms with Crippen molar-refractivity contribution in [1.29, 1.82) is 0 Å². The molecule has 6 heteroatoms. The van der Waals surface area contributed by atoms with Crippen molar-refractivity contribution in [3.63, 3.8) is 0 Å². The minimum Gasteiger partial charge on any atom is -0.493 e. The monoisotopic (exact) mass is 336 g/mol. The molecular weight excluding hydrogens is 311 g/mol. The van der Waals surface area contributed by atoms with E-state index in [1.807, 2.05) is 13.8 Å². The standard InChI is InChI=1S/C18H25FN2O3/c1-12-8-20-9-13(2)21(12)18(22)24-11-15-7-16(5-6-17(15)19)23-10-14-3-4-14/h5-7,12-14,20H,3-4,8-11H2,1-2H3/t12-,13+. The highest BCUT2D eigenvalue weighted by molar-refractivity contribution is 5.68. The number of nitrogens with zero attached hydrogens (tertiary/aromatic N) is 1. The number of carbonyl (C=O) groups is 1. The van der Waals surface area contributed by atoms with Gasteiger partial charge in [0.05, 0.1) is 6.61 Å². The van der Waals surface area contributed by atoms with Gasteiger partial charge < -0.3 is 19.7 Å². The Morgan fingerprint density at radius 2 is 2.00 bits per heavy atom. The molecule has 1 saturated carbocycles. The average Bonchev–Trinajstić information content (AvgIpc) is 3.37. The van der Waals surface area contributed by atoms with Crippen LogP contribution in [0.1, 0.15) is 32.3 Å². The Kier molecular flexibility index (Phi) is 5.23. The van der Waals surface area contributed by atoms with Crippen molar-refractivity contribution < 1.29 is 18.7 Å². The summed E-state index contributed by atoms with van der Waals surface area (Å²) in [6, 6.07) is 4.71. The molecule has 1 saturated heterocycles. The lowest BCUT2D eigenvalue weighted by atomic mass is 10.1. The van der Waals surface area contributed by atoms with E-state index in [4.69, 9.17) is 9.47 Å². The molecule has 2 aliphatic rings. The topological polar surface area (TPSA) is 50.8 Å². The molecule has 1 aromatic rings. The summed E-state index contributed by atoms with van der Waals surface area (Å²) in [7, 11) is 0. The summed E-state index contributed by atoms with van der Waals surface area (Å²) >= 11 is 0. The van der Waals surface area contributed by atoms with Crippen LogP contribution >= 0.6 is 0 Å².